The van der Waals surface area contributed by atoms with E-state index in [1.54, 1.807) is 6.33 Å². The molecule has 0 aliphatic heterocycles. The monoisotopic (exact) mass is 296 g/mol. The summed E-state index contributed by atoms with van der Waals surface area (Å²) in [7, 11) is 0. The fraction of sp³-hybridized carbons (Fsp3) is 0.375. The molecule has 22 heavy (non-hydrogen) atoms. The largest absolute Gasteiger partial charge is 0.364 e. The number of anilines is 1. The highest BCUT2D eigenvalue weighted by Gasteiger charge is 2.12. The Hall–Kier alpha value is -2.50. The van der Waals surface area contributed by atoms with Gasteiger partial charge >= 0.3 is 0 Å². The molecule has 6 heteroatoms. The number of aryl methyl sites for hydroxylation is 3. The van der Waals surface area contributed by atoms with Crippen molar-refractivity contribution in [2.45, 2.75) is 40.8 Å². The van der Waals surface area contributed by atoms with E-state index in [0.717, 1.165) is 34.8 Å². The number of nitrogens with one attached hydrogen (secondary N) is 1. The number of pyridine rings is 1. The second kappa shape index (κ2) is 5.71. The molecule has 0 radical (unpaired) electrons. The normalized spacial score (nSPS) is 11.1. The highest BCUT2D eigenvalue weighted by molar-refractivity contribution is 5.84. The van der Waals surface area contributed by atoms with Crippen LogP contribution in [0.3, 0.4) is 0 Å². The molecule has 0 spiro atoms. The molecule has 3 rings (SSSR count). The van der Waals surface area contributed by atoms with Crippen LogP contribution in [0.1, 0.15) is 29.6 Å². The Balaban J connectivity index is 1.91. The Bertz CT molecular complexity index is 821. The lowest BCUT2D eigenvalue weighted by atomic mass is 10.2. The van der Waals surface area contributed by atoms with Crippen LogP contribution in [-0.4, -0.2) is 24.7 Å². The van der Waals surface area contributed by atoms with Crippen molar-refractivity contribution in [1.29, 1.82) is 0 Å². The molecule has 0 unspecified atom stereocenters. The lowest BCUT2D eigenvalue weighted by Crippen LogP contribution is -2.06. The Morgan fingerprint density at radius 3 is 2.68 bits per heavy atom. The number of rotatable bonds is 4. The first-order chi connectivity index (χ1) is 10.6. The van der Waals surface area contributed by atoms with Crippen molar-refractivity contribution in [3.05, 3.63) is 41.1 Å². The fourth-order valence-corrected chi connectivity index (χ4v) is 2.64. The van der Waals surface area contributed by atoms with Crippen molar-refractivity contribution in [2.24, 2.45) is 0 Å². The third-order valence-corrected chi connectivity index (χ3v) is 3.88. The van der Waals surface area contributed by atoms with Gasteiger partial charge in [-0.3, -0.25) is 4.68 Å². The maximum atomic E-state index is 4.55. The van der Waals surface area contributed by atoms with Crippen LogP contribution in [0.5, 0.6) is 0 Å². The van der Waals surface area contributed by atoms with Gasteiger partial charge in [-0.2, -0.15) is 5.10 Å². The molecular formula is C16H20N6. The van der Waals surface area contributed by atoms with Crippen LogP contribution in [-0.2, 0) is 13.1 Å². The highest BCUT2D eigenvalue weighted by atomic mass is 15.3. The molecule has 6 nitrogen and oxygen atoms in total. The zero-order valence-corrected chi connectivity index (χ0v) is 13.4. The molecule has 0 bridgehead atoms. The molecule has 1 N–H and O–H groups in total. The van der Waals surface area contributed by atoms with Crippen molar-refractivity contribution in [3.63, 3.8) is 0 Å². The molecule has 0 amide bonds. The minimum Gasteiger partial charge on any atom is -0.364 e. The van der Waals surface area contributed by atoms with Crippen molar-refractivity contribution in [3.8, 4) is 0 Å². The maximum Gasteiger partial charge on any atom is 0.156 e. The van der Waals surface area contributed by atoms with Gasteiger partial charge in [0.2, 0.25) is 0 Å². The van der Waals surface area contributed by atoms with E-state index in [2.05, 4.69) is 39.2 Å². The van der Waals surface area contributed by atoms with Crippen LogP contribution in [0.25, 0.3) is 11.0 Å². The molecule has 3 aromatic heterocycles. The van der Waals surface area contributed by atoms with Gasteiger partial charge in [0.1, 0.15) is 11.8 Å². The van der Waals surface area contributed by atoms with E-state index in [1.807, 2.05) is 30.7 Å². The van der Waals surface area contributed by atoms with Gasteiger partial charge in [-0.15, -0.1) is 0 Å². The van der Waals surface area contributed by atoms with Crippen LogP contribution in [0.15, 0.2) is 18.5 Å². The summed E-state index contributed by atoms with van der Waals surface area (Å²) < 4.78 is 2.02. The van der Waals surface area contributed by atoms with Gasteiger partial charge in [0.25, 0.3) is 0 Å². The molecule has 0 saturated carbocycles. The number of fused-ring (bicyclic) bond motifs is 1. The number of hydrogen-bond donors (Lipinski definition) is 1. The van der Waals surface area contributed by atoms with E-state index in [0.29, 0.717) is 6.54 Å². The molecule has 0 aliphatic rings. The predicted molar refractivity (Wildman–Crippen MR) is 86.8 cm³/mol. The number of nitrogens with zero attached hydrogens (tertiary/aromatic N) is 5. The van der Waals surface area contributed by atoms with Gasteiger partial charge in [0.05, 0.1) is 11.2 Å². The second-order valence-electron chi connectivity index (χ2n) is 5.36. The molecule has 3 aromatic rings. The molecule has 3 heterocycles. The van der Waals surface area contributed by atoms with Crippen LogP contribution >= 0.6 is 0 Å². The van der Waals surface area contributed by atoms with Gasteiger partial charge in [-0.25, -0.2) is 15.0 Å². The van der Waals surface area contributed by atoms with E-state index in [1.165, 1.54) is 11.3 Å². The summed E-state index contributed by atoms with van der Waals surface area (Å²) in [4.78, 5) is 13.1. The minimum atomic E-state index is 0.680. The summed E-state index contributed by atoms with van der Waals surface area (Å²) in [5.41, 5.74) is 6.06. The van der Waals surface area contributed by atoms with Crippen molar-refractivity contribution in [1.82, 2.24) is 24.7 Å². The predicted octanol–water partition coefficient (Wildman–Crippen LogP) is 2.78. The molecule has 0 aromatic carbocycles. The zero-order valence-electron chi connectivity index (χ0n) is 13.4. The van der Waals surface area contributed by atoms with Crippen LogP contribution < -0.4 is 5.32 Å². The average molecular weight is 296 g/mol. The third-order valence-electron chi connectivity index (χ3n) is 3.88. The number of aromatic nitrogens is 5. The topological polar surface area (TPSA) is 68.5 Å². The maximum absolute atomic E-state index is 4.55. The Labute approximate surface area is 129 Å². The Morgan fingerprint density at radius 1 is 1.14 bits per heavy atom. The lowest BCUT2D eigenvalue weighted by molar-refractivity contribution is 0.633. The van der Waals surface area contributed by atoms with Crippen LogP contribution in [0.4, 0.5) is 5.82 Å². The van der Waals surface area contributed by atoms with Gasteiger partial charge in [-0.1, -0.05) is 0 Å². The second-order valence-corrected chi connectivity index (χ2v) is 5.36. The SMILES string of the molecule is CCn1nc(C)c(CNc2ncnc3ccc(C)nc23)c1C. The average Bonchev–Trinajstić information content (AvgIpc) is 2.79. The minimum absolute atomic E-state index is 0.680. The van der Waals surface area contributed by atoms with Crippen molar-refractivity contribution < 1.29 is 0 Å². The first kappa shape index (κ1) is 14.4. The summed E-state index contributed by atoms with van der Waals surface area (Å²) in [6.07, 6.45) is 1.57. The molecule has 0 saturated heterocycles. The molecule has 114 valence electrons. The van der Waals surface area contributed by atoms with E-state index in [9.17, 15) is 0 Å². The molecular weight excluding hydrogens is 276 g/mol. The molecule has 0 atom stereocenters. The smallest absolute Gasteiger partial charge is 0.156 e. The van der Waals surface area contributed by atoms with Crippen molar-refractivity contribution in [2.75, 3.05) is 5.32 Å². The highest BCUT2D eigenvalue weighted by Crippen LogP contribution is 2.19. The Morgan fingerprint density at radius 2 is 1.95 bits per heavy atom. The molecule has 0 fully saturated rings. The Kier molecular flexibility index (Phi) is 3.75. The van der Waals surface area contributed by atoms with Gasteiger partial charge in [0.15, 0.2) is 5.82 Å². The van der Waals surface area contributed by atoms with E-state index >= 15 is 0 Å². The molecule has 0 aliphatic carbocycles. The summed E-state index contributed by atoms with van der Waals surface area (Å²) in [6, 6.07) is 3.93. The van der Waals surface area contributed by atoms with Gasteiger partial charge in [0, 0.05) is 30.0 Å². The van der Waals surface area contributed by atoms with E-state index < -0.39 is 0 Å². The van der Waals surface area contributed by atoms with E-state index in [4.69, 9.17) is 0 Å². The third kappa shape index (κ3) is 2.52. The van der Waals surface area contributed by atoms with Crippen LogP contribution in [0.2, 0.25) is 0 Å². The summed E-state index contributed by atoms with van der Waals surface area (Å²) in [6.45, 7) is 9.76. The standard InChI is InChI=1S/C16H20N6/c1-5-22-12(4)13(11(3)21-22)8-17-16-15-14(18-9-19-16)7-6-10(2)20-15/h6-7,9H,5,8H2,1-4H3,(H,17,18,19). The first-order valence-electron chi connectivity index (χ1n) is 7.45. The summed E-state index contributed by atoms with van der Waals surface area (Å²) in [5.74, 6) is 0.761. The summed E-state index contributed by atoms with van der Waals surface area (Å²) in [5, 5.41) is 7.93. The van der Waals surface area contributed by atoms with Gasteiger partial charge in [-0.05, 0) is 39.8 Å². The quantitative estimate of drug-likeness (QED) is 0.801. The van der Waals surface area contributed by atoms with Crippen LogP contribution in [0, 0.1) is 20.8 Å². The van der Waals surface area contributed by atoms with Crippen molar-refractivity contribution >= 4 is 16.9 Å². The number of hydrogen-bond acceptors (Lipinski definition) is 5. The zero-order chi connectivity index (χ0) is 15.7. The van der Waals surface area contributed by atoms with E-state index in [-0.39, 0.29) is 0 Å². The first-order valence-corrected chi connectivity index (χ1v) is 7.45. The van der Waals surface area contributed by atoms with Gasteiger partial charge < -0.3 is 5.32 Å². The fourth-order valence-electron chi connectivity index (χ4n) is 2.64. The lowest BCUT2D eigenvalue weighted by Gasteiger charge is -2.08. The summed E-state index contributed by atoms with van der Waals surface area (Å²) >= 11 is 0.